The van der Waals surface area contributed by atoms with Crippen LogP contribution in [-0.2, 0) is 35.4 Å². The van der Waals surface area contributed by atoms with Crippen molar-refractivity contribution in [2.45, 2.75) is 26.4 Å². The highest BCUT2D eigenvalue weighted by Crippen LogP contribution is 2.50. The van der Waals surface area contributed by atoms with Crippen LogP contribution in [0.5, 0.6) is 5.75 Å². The first kappa shape index (κ1) is 32.9. The van der Waals surface area contributed by atoms with E-state index in [1.54, 1.807) is 13.0 Å². The minimum Gasteiger partial charge on any atom is -0.488 e. The summed E-state index contributed by atoms with van der Waals surface area (Å²) in [5.74, 6) is -3.13. The van der Waals surface area contributed by atoms with Crippen LogP contribution in [0.15, 0.2) is 73.0 Å². The van der Waals surface area contributed by atoms with E-state index in [9.17, 15) is 19.2 Å². The standard InChI is InChI=1S/C38H42N3O8/c1-5-18-46-38(45)34-29(23(3)33-31(36(43)40(33)34)24(4)37(44)49-48-19-6-2)22-47-30-9-7-8-27-32(30)26-11-10-25(20-28(26)35(27)42)21-41-15-12-39(13-16-41)14-17-41/h5-11,20,23-24,31,33H,1-2,12-19,21-22H2,3-4H3/q+1. The Morgan fingerprint density at radius 1 is 1.00 bits per heavy atom. The first-order valence-electron chi connectivity index (χ1n) is 17.0. The second-order valence-electron chi connectivity index (χ2n) is 13.7. The van der Waals surface area contributed by atoms with Crippen LogP contribution in [0.2, 0.25) is 0 Å². The molecule has 0 radical (unpaired) electrons. The van der Waals surface area contributed by atoms with Crippen molar-refractivity contribution in [3.63, 3.8) is 0 Å². The maximum atomic E-state index is 13.7. The maximum absolute atomic E-state index is 13.7. The average Bonchev–Trinajstić information content (AvgIpc) is 3.54. The van der Waals surface area contributed by atoms with Crippen molar-refractivity contribution >= 4 is 23.6 Å². The first-order chi connectivity index (χ1) is 23.7. The lowest BCUT2D eigenvalue weighted by Gasteiger charge is -2.50. The second-order valence-corrected chi connectivity index (χ2v) is 13.7. The van der Waals surface area contributed by atoms with Crippen molar-refractivity contribution in [1.29, 1.82) is 0 Å². The lowest BCUT2D eigenvalue weighted by molar-refractivity contribution is -0.953. The van der Waals surface area contributed by atoms with Crippen LogP contribution in [0.25, 0.3) is 11.1 Å². The van der Waals surface area contributed by atoms with Gasteiger partial charge in [-0.15, -0.1) is 6.58 Å². The summed E-state index contributed by atoms with van der Waals surface area (Å²) in [6.45, 7) is 18.3. The quantitative estimate of drug-likeness (QED) is 0.0513. The Bertz CT molecular complexity index is 1760. The lowest BCUT2D eigenvalue weighted by atomic mass is 9.74. The third kappa shape index (κ3) is 5.59. The van der Waals surface area contributed by atoms with E-state index >= 15 is 0 Å². The maximum Gasteiger partial charge on any atom is 0.355 e. The highest BCUT2D eigenvalue weighted by molar-refractivity contribution is 6.22. The summed E-state index contributed by atoms with van der Waals surface area (Å²) in [6.07, 6.45) is 2.90. The summed E-state index contributed by atoms with van der Waals surface area (Å²) in [7, 11) is 0. The number of rotatable bonds is 13. The lowest BCUT2D eigenvalue weighted by Crippen LogP contribution is -2.66. The van der Waals surface area contributed by atoms with Gasteiger partial charge in [0.15, 0.2) is 5.78 Å². The number of nitrogens with zero attached hydrogens (tertiary/aromatic N) is 3. The minimum absolute atomic E-state index is 0.0186. The zero-order valence-corrected chi connectivity index (χ0v) is 28.0. The highest BCUT2D eigenvalue weighted by atomic mass is 17.2. The third-order valence-corrected chi connectivity index (χ3v) is 11.0. The van der Waals surface area contributed by atoms with Gasteiger partial charge in [-0.2, -0.15) is 4.89 Å². The Balaban J connectivity index is 1.14. The van der Waals surface area contributed by atoms with Crippen LogP contribution < -0.4 is 4.74 Å². The molecule has 4 fully saturated rings. The number of hydrogen-bond acceptors (Lipinski definition) is 9. The number of hydrogen-bond donors (Lipinski definition) is 0. The van der Waals surface area contributed by atoms with E-state index in [2.05, 4.69) is 30.2 Å². The number of piperazine rings is 3. The predicted octanol–water partition coefficient (Wildman–Crippen LogP) is 3.68. The van der Waals surface area contributed by atoms with Crippen molar-refractivity contribution in [3.8, 4) is 16.9 Å². The normalized spacial score (nSPS) is 26.8. The number of ether oxygens (including phenoxy) is 2. The van der Waals surface area contributed by atoms with Gasteiger partial charge in [-0.25, -0.2) is 9.59 Å². The van der Waals surface area contributed by atoms with Crippen molar-refractivity contribution < 1.29 is 42.9 Å². The molecule has 1 amide bonds. The molecule has 1 aliphatic carbocycles. The number of ketones is 1. The molecule has 2 bridgehead atoms. The zero-order valence-electron chi connectivity index (χ0n) is 28.0. The van der Waals surface area contributed by atoms with Gasteiger partial charge in [0.05, 0.1) is 37.5 Å². The molecule has 0 spiro atoms. The molecule has 4 saturated heterocycles. The van der Waals surface area contributed by atoms with Gasteiger partial charge in [0.2, 0.25) is 5.91 Å². The summed E-state index contributed by atoms with van der Waals surface area (Å²) in [5, 5.41) is 0. The van der Waals surface area contributed by atoms with E-state index in [0.29, 0.717) is 22.4 Å². The summed E-state index contributed by atoms with van der Waals surface area (Å²) < 4.78 is 12.9. The van der Waals surface area contributed by atoms with Crippen molar-refractivity contribution in [3.05, 3.63) is 89.7 Å². The van der Waals surface area contributed by atoms with Crippen LogP contribution in [0, 0.1) is 17.8 Å². The van der Waals surface area contributed by atoms with Crippen molar-refractivity contribution in [1.82, 2.24) is 9.80 Å². The molecule has 4 unspecified atom stereocenters. The smallest absolute Gasteiger partial charge is 0.355 e. The fraction of sp³-hybridized carbons (Fsp3) is 0.421. The molecule has 11 nitrogen and oxygen atoms in total. The number of β-lactam (4-membered cyclic amide) rings is 1. The van der Waals surface area contributed by atoms with Gasteiger partial charge < -0.3 is 18.9 Å². The van der Waals surface area contributed by atoms with E-state index in [4.69, 9.17) is 19.2 Å². The number of fused-ring (bicyclic) bond motifs is 7. The Morgan fingerprint density at radius 2 is 1.73 bits per heavy atom. The molecule has 256 valence electrons. The molecule has 2 aromatic carbocycles. The van der Waals surface area contributed by atoms with Crippen LogP contribution >= 0.6 is 0 Å². The second kappa shape index (κ2) is 13.0. The van der Waals surface area contributed by atoms with Crippen LogP contribution in [0.4, 0.5) is 0 Å². The SMILES string of the molecule is C=CCOOC(=O)C(C)C1C(=O)N2C(C(=O)OCC=C)=C(COc3cccc4c3-c3ccc(C[N+]56CCN(CC5)CC6)cc3C4=O)C(C)C12. The average molecular weight is 669 g/mol. The van der Waals surface area contributed by atoms with E-state index in [1.807, 2.05) is 25.1 Å². The van der Waals surface area contributed by atoms with Gasteiger partial charge in [-0.05, 0) is 17.7 Å². The Morgan fingerprint density at radius 3 is 2.45 bits per heavy atom. The molecule has 11 heteroatoms. The van der Waals surface area contributed by atoms with Crippen molar-refractivity contribution in [2.75, 3.05) is 59.1 Å². The van der Waals surface area contributed by atoms with Crippen molar-refractivity contribution in [2.24, 2.45) is 17.8 Å². The van der Waals surface area contributed by atoms with Gasteiger partial charge in [0.25, 0.3) is 0 Å². The Kier molecular flexibility index (Phi) is 8.76. The molecule has 2 aromatic rings. The summed E-state index contributed by atoms with van der Waals surface area (Å²) in [6, 6.07) is 11.2. The molecule has 0 N–H and O–H groups in total. The largest absolute Gasteiger partial charge is 0.488 e. The number of amides is 1. The zero-order chi connectivity index (χ0) is 34.4. The van der Waals surface area contributed by atoms with E-state index in [0.717, 1.165) is 61.4 Å². The van der Waals surface area contributed by atoms with Gasteiger partial charge in [0.1, 0.15) is 37.8 Å². The fourth-order valence-corrected chi connectivity index (χ4v) is 8.28. The molecular weight excluding hydrogens is 626 g/mol. The third-order valence-electron chi connectivity index (χ3n) is 11.0. The Labute approximate surface area is 285 Å². The van der Waals surface area contributed by atoms with Gasteiger partial charge >= 0.3 is 11.9 Å². The number of esters is 1. The molecule has 6 aliphatic rings. The fourth-order valence-electron chi connectivity index (χ4n) is 8.28. The van der Waals surface area contributed by atoms with E-state index < -0.39 is 29.8 Å². The summed E-state index contributed by atoms with van der Waals surface area (Å²) >= 11 is 0. The molecule has 5 aliphatic heterocycles. The van der Waals surface area contributed by atoms with Gasteiger partial charge in [-0.3, -0.25) is 19.4 Å². The highest BCUT2D eigenvalue weighted by Gasteiger charge is 2.61. The summed E-state index contributed by atoms with van der Waals surface area (Å²) in [4.78, 5) is 67.0. The van der Waals surface area contributed by atoms with Crippen LogP contribution in [0.1, 0.15) is 35.3 Å². The number of quaternary nitrogens is 1. The molecule has 8 rings (SSSR count). The topological polar surface area (TPSA) is 112 Å². The molecule has 0 aromatic heterocycles. The van der Waals surface area contributed by atoms with Crippen LogP contribution in [-0.4, -0.2) is 103 Å². The number of carbonyl (C=O) groups excluding carboxylic acids is 4. The molecule has 49 heavy (non-hydrogen) atoms. The van der Waals surface area contributed by atoms with E-state index in [1.165, 1.54) is 22.6 Å². The minimum atomic E-state index is -0.819. The molecule has 4 atom stereocenters. The monoisotopic (exact) mass is 668 g/mol. The van der Waals surface area contributed by atoms with Gasteiger partial charge in [0, 0.05) is 53.4 Å². The number of benzene rings is 2. The predicted molar refractivity (Wildman–Crippen MR) is 179 cm³/mol. The van der Waals surface area contributed by atoms with Gasteiger partial charge in [-0.1, -0.05) is 56.8 Å². The summed E-state index contributed by atoms with van der Waals surface area (Å²) in [5.41, 5.74) is 4.66. The van der Waals surface area contributed by atoms with E-state index in [-0.39, 0.29) is 43.1 Å². The molecular formula is C38H42N3O8+. The number of carbonyl (C=O) groups is 4. The Hall–Kier alpha value is -4.58. The first-order valence-corrected chi connectivity index (χ1v) is 17.0. The molecule has 5 heterocycles. The van der Waals surface area contributed by atoms with Crippen LogP contribution in [0.3, 0.4) is 0 Å². The molecule has 0 saturated carbocycles.